The maximum absolute atomic E-state index is 10.2. The molecule has 72 valence electrons. The van der Waals surface area contributed by atoms with Gasteiger partial charge in [-0.2, -0.15) is 0 Å². The molecule has 0 aromatic carbocycles. The van der Waals surface area contributed by atoms with E-state index in [1.807, 2.05) is 0 Å². The van der Waals surface area contributed by atoms with E-state index < -0.39 is 6.16 Å². The fraction of sp³-hybridized carbons (Fsp3) is 0.429. The third-order valence-corrected chi connectivity index (χ3v) is 2.26. The lowest BCUT2D eigenvalue weighted by Crippen LogP contribution is -2.02. The van der Waals surface area contributed by atoms with Crippen molar-refractivity contribution < 1.29 is 19.4 Å². The van der Waals surface area contributed by atoms with Gasteiger partial charge in [0.05, 0.1) is 12.3 Å². The molecule has 0 radical (unpaired) electrons. The van der Waals surface area contributed by atoms with Gasteiger partial charge >= 0.3 is 6.16 Å². The van der Waals surface area contributed by atoms with Crippen molar-refractivity contribution in [3.63, 3.8) is 0 Å². The van der Waals surface area contributed by atoms with E-state index in [0.29, 0.717) is 22.4 Å². The first-order valence-electron chi connectivity index (χ1n) is 3.49. The van der Waals surface area contributed by atoms with E-state index in [1.54, 1.807) is 14.0 Å². The Bertz CT molecular complexity index is 309. The van der Waals surface area contributed by atoms with Gasteiger partial charge in [-0.05, 0) is 6.92 Å². The summed E-state index contributed by atoms with van der Waals surface area (Å²) >= 11 is 1.17. The monoisotopic (exact) mass is 203 g/mol. The van der Waals surface area contributed by atoms with Crippen molar-refractivity contribution in [1.82, 2.24) is 4.98 Å². The zero-order valence-corrected chi connectivity index (χ0v) is 8.05. The normalized spacial score (nSPS) is 10.0. The highest BCUT2D eigenvalue weighted by Gasteiger charge is 2.11. The Hall–Kier alpha value is -1.14. The van der Waals surface area contributed by atoms with Crippen LogP contribution in [0.1, 0.15) is 10.7 Å². The summed E-state index contributed by atoms with van der Waals surface area (Å²) in [6.07, 6.45) is -1.32. The van der Waals surface area contributed by atoms with Gasteiger partial charge in [-0.15, -0.1) is 0 Å². The molecule has 0 aliphatic rings. The number of nitrogens with zero attached hydrogens (tertiary/aromatic N) is 1. The molecule has 0 spiro atoms. The van der Waals surface area contributed by atoms with E-state index in [-0.39, 0.29) is 0 Å². The van der Waals surface area contributed by atoms with Crippen molar-refractivity contribution in [3.8, 4) is 5.06 Å². The summed E-state index contributed by atoms with van der Waals surface area (Å²) in [6, 6.07) is 0. The molecule has 6 heteroatoms. The van der Waals surface area contributed by atoms with Crippen LogP contribution >= 0.6 is 11.3 Å². The highest BCUT2D eigenvalue weighted by atomic mass is 32.1. The second kappa shape index (κ2) is 4.20. The topological polar surface area (TPSA) is 68.7 Å². The zero-order valence-electron chi connectivity index (χ0n) is 7.23. The Balaban J connectivity index is 2.77. The van der Waals surface area contributed by atoms with Crippen molar-refractivity contribution in [2.75, 3.05) is 7.11 Å². The molecule has 1 rings (SSSR count). The van der Waals surface area contributed by atoms with Gasteiger partial charge < -0.3 is 14.6 Å². The van der Waals surface area contributed by atoms with Crippen molar-refractivity contribution in [2.24, 2.45) is 0 Å². The fourth-order valence-electron chi connectivity index (χ4n) is 0.796. The van der Waals surface area contributed by atoms with Gasteiger partial charge in [0.2, 0.25) is 5.06 Å². The van der Waals surface area contributed by atoms with Crippen molar-refractivity contribution >= 4 is 17.5 Å². The second-order valence-electron chi connectivity index (χ2n) is 2.28. The quantitative estimate of drug-likeness (QED) is 0.756. The SMILES string of the molecule is COCc1nc(C)c(OC(=O)O)s1. The van der Waals surface area contributed by atoms with Crippen LogP contribution in [-0.4, -0.2) is 23.4 Å². The highest BCUT2D eigenvalue weighted by molar-refractivity contribution is 7.13. The molecule has 1 N–H and O–H groups in total. The lowest BCUT2D eigenvalue weighted by molar-refractivity contribution is 0.145. The van der Waals surface area contributed by atoms with Gasteiger partial charge in [0, 0.05) is 7.11 Å². The third kappa shape index (κ3) is 2.67. The maximum atomic E-state index is 10.2. The van der Waals surface area contributed by atoms with E-state index in [0.717, 1.165) is 0 Å². The maximum Gasteiger partial charge on any atom is 0.512 e. The van der Waals surface area contributed by atoms with E-state index in [1.165, 1.54) is 11.3 Å². The number of carbonyl (C=O) groups is 1. The van der Waals surface area contributed by atoms with Gasteiger partial charge in [0.25, 0.3) is 0 Å². The number of hydrogen-bond donors (Lipinski definition) is 1. The average molecular weight is 203 g/mol. The number of hydrogen-bond acceptors (Lipinski definition) is 5. The minimum Gasteiger partial charge on any atom is -0.449 e. The Morgan fingerprint density at radius 3 is 2.92 bits per heavy atom. The van der Waals surface area contributed by atoms with Crippen LogP contribution in [-0.2, 0) is 11.3 Å². The number of aromatic nitrogens is 1. The first-order valence-corrected chi connectivity index (χ1v) is 4.31. The van der Waals surface area contributed by atoms with Gasteiger partial charge in [0.15, 0.2) is 0 Å². The number of ether oxygens (including phenoxy) is 2. The fourth-order valence-corrected chi connectivity index (χ4v) is 1.68. The molecule has 0 unspecified atom stereocenters. The van der Waals surface area contributed by atoms with E-state index in [9.17, 15) is 4.79 Å². The molecule has 0 bridgehead atoms. The summed E-state index contributed by atoms with van der Waals surface area (Å²) in [7, 11) is 1.55. The molecule has 5 nitrogen and oxygen atoms in total. The van der Waals surface area contributed by atoms with Crippen LogP contribution in [0.3, 0.4) is 0 Å². The molecule has 0 aliphatic carbocycles. The predicted molar refractivity (Wildman–Crippen MR) is 46.2 cm³/mol. The summed E-state index contributed by atoms with van der Waals surface area (Å²) in [5, 5.41) is 9.37. The Morgan fingerprint density at radius 2 is 2.38 bits per heavy atom. The summed E-state index contributed by atoms with van der Waals surface area (Å²) in [4.78, 5) is 14.3. The summed E-state index contributed by atoms with van der Waals surface area (Å²) in [6.45, 7) is 2.06. The van der Waals surface area contributed by atoms with E-state index in [4.69, 9.17) is 9.84 Å². The molecule has 0 aliphatic heterocycles. The Kier molecular flexibility index (Phi) is 3.21. The largest absolute Gasteiger partial charge is 0.512 e. The number of aryl methyl sites for hydroxylation is 1. The van der Waals surface area contributed by atoms with Crippen LogP contribution < -0.4 is 4.74 Å². The first kappa shape index (κ1) is 9.94. The van der Waals surface area contributed by atoms with E-state index in [2.05, 4.69) is 9.72 Å². The molecule has 13 heavy (non-hydrogen) atoms. The highest BCUT2D eigenvalue weighted by Crippen LogP contribution is 2.26. The summed E-state index contributed by atoms with van der Waals surface area (Å²) in [5.74, 6) is 0. The molecular formula is C7H9NO4S. The first-order chi connectivity index (χ1) is 6.13. The number of rotatable bonds is 3. The number of methoxy groups -OCH3 is 1. The molecule has 0 saturated heterocycles. The van der Waals surface area contributed by atoms with Gasteiger partial charge in [-0.3, -0.25) is 0 Å². The lowest BCUT2D eigenvalue weighted by atomic mass is 10.5. The van der Waals surface area contributed by atoms with Crippen LogP contribution in [0.15, 0.2) is 0 Å². The third-order valence-electron chi connectivity index (χ3n) is 1.25. The molecule has 0 fully saturated rings. The number of carboxylic acid groups (broad SMARTS) is 1. The van der Waals surface area contributed by atoms with Crippen molar-refractivity contribution in [2.45, 2.75) is 13.5 Å². The van der Waals surface area contributed by atoms with Crippen LogP contribution in [0, 0.1) is 6.92 Å². The lowest BCUT2D eigenvalue weighted by Gasteiger charge is -1.93. The van der Waals surface area contributed by atoms with E-state index >= 15 is 0 Å². The molecular weight excluding hydrogens is 194 g/mol. The van der Waals surface area contributed by atoms with Crippen LogP contribution in [0.4, 0.5) is 4.79 Å². The van der Waals surface area contributed by atoms with Crippen molar-refractivity contribution in [1.29, 1.82) is 0 Å². The Labute approximate surface area is 78.9 Å². The zero-order chi connectivity index (χ0) is 9.84. The molecule has 0 atom stereocenters. The van der Waals surface area contributed by atoms with Crippen LogP contribution in [0.5, 0.6) is 5.06 Å². The second-order valence-corrected chi connectivity index (χ2v) is 3.33. The summed E-state index contributed by atoms with van der Waals surface area (Å²) < 4.78 is 9.34. The van der Waals surface area contributed by atoms with Crippen LogP contribution in [0.2, 0.25) is 0 Å². The minimum absolute atomic E-state index is 0.305. The molecule has 0 amide bonds. The molecule has 1 heterocycles. The van der Waals surface area contributed by atoms with Gasteiger partial charge in [0.1, 0.15) is 5.01 Å². The van der Waals surface area contributed by atoms with Gasteiger partial charge in [-0.1, -0.05) is 11.3 Å². The number of thiazole rings is 1. The van der Waals surface area contributed by atoms with Crippen LogP contribution in [0.25, 0.3) is 0 Å². The summed E-state index contributed by atoms with van der Waals surface area (Å²) in [5.41, 5.74) is 0.569. The van der Waals surface area contributed by atoms with Gasteiger partial charge in [-0.25, -0.2) is 9.78 Å². The molecule has 1 aromatic rings. The standard InChI is InChI=1S/C7H9NO4S/c1-4-6(12-7(9)10)13-5(8-4)3-11-2/h3H2,1-2H3,(H,9,10). The Morgan fingerprint density at radius 1 is 1.69 bits per heavy atom. The minimum atomic E-state index is -1.32. The molecule has 0 saturated carbocycles. The average Bonchev–Trinajstić information content (AvgIpc) is 2.31. The molecule has 1 aromatic heterocycles. The predicted octanol–water partition coefficient (Wildman–Crippen LogP) is 1.65. The smallest absolute Gasteiger partial charge is 0.449 e. The van der Waals surface area contributed by atoms with Crippen molar-refractivity contribution in [3.05, 3.63) is 10.7 Å².